The molecule has 0 fully saturated rings. The van der Waals surface area contributed by atoms with Gasteiger partial charge in [0.05, 0.1) is 29.7 Å². The third-order valence-electron chi connectivity index (χ3n) is 3.89. The van der Waals surface area contributed by atoms with E-state index in [4.69, 9.17) is 0 Å². The van der Waals surface area contributed by atoms with Gasteiger partial charge < -0.3 is 4.90 Å². The van der Waals surface area contributed by atoms with Gasteiger partial charge in [0.2, 0.25) is 5.91 Å². The van der Waals surface area contributed by atoms with Crippen molar-refractivity contribution < 1.29 is 4.79 Å². The molecule has 1 aromatic carbocycles. The summed E-state index contributed by atoms with van der Waals surface area (Å²) in [4.78, 5) is 30.2. The number of carbonyl (C=O) groups is 1. The second-order valence-electron chi connectivity index (χ2n) is 5.80. The summed E-state index contributed by atoms with van der Waals surface area (Å²) < 4.78 is 0. The number of likely N-dealkylation sites (N-methyl/N-ethyl adjacent to an activating group) is 1. The monoisotopic (exact) mass is 322 g/mol. The summed E-state index contributed by atoms with van der Waals surface area (Å²) in [5.74, 6) is -0.0814. The molecule has 3 rings (SSSR count). The molecule has 1 amide bonds. The number of hydrogen-bond acceptors (Lipinski definition) is 4. The fourth-order valence-electron chi connectivity index (χ4n) is 2.51. The van der Waals surface area contributed by atoms with Crippen LogP contribution in [0.4, 0.5) is 0 Å². The summed E-state index contributed by atoms with van der Waals surface area (Å²) in [7, 11) is 1.73. The number of rotatable bonds is 4. The van der Waals surface area contributed by atoms with Crippen LogP contribution >= 0.6 is 0 Å². The van der Waals surface area contributed by atoms with E-state index in [9.17, 15) is 9.59 Å². The topological polar surface area (TPSA) is 79.0 Å². The molecule has 24 heavy (non-hydrogen) atoms. The molecule has 0 radical (unpaired) electrons. The summed E-state index contributed by atoms with van der Waals surface area (Å²) in [6.45, 7) is 2.40. The van der Waals surface area contributed by atoms with E-state index >= 15 is 0 Å². The Bertz CT molecular complexity index is 932. The molecule has 0 aliphatic heterocycles. The molecule has 0 saturated heterocycles. The van der Waals surface area contributed by atoms with Crippen molar-refractivity contribution in [1.82, 2.24) is 20.1 Å². The Kier molecular flexibility index (Phi) is 4.37. The Morgan fingerprint density at radius 1 is 1.17 bits per heavy atom. The molecule has 0 bridgehead atoms. The number of carbonyl (C=O) groups excluding carboxylic acids is 1. The third kappa shape index (κ3) is 3.32. The molecule has 2 aromatic heterocycles. The van der Waals surface area contributed by atoms with E-state index in [-0.39, 0.29) is 17.9 Å². The van der Waals surface area contributed by atoms with Crippen molar-refractivity contribution in [2.24, 2.45) is 0 Å². The van der Waals surface area contributed by atoms with Crippen molar-refractivity contribution >= 4 is 16.7 Å². The van der Waals surface area contributed by atoms with Gasteiger partial charge in [-0.1, -0.05) is 24.3 Å². The number of fused-ring (bicyclic) bond motifs is 1. The minimum atomic E-state index is -0.251. The van der Waals surface area contributed by atoms with Gasteiger partial charge in [0, 0.05) is 18.6 Å². The standard InChI is InChI=1S/C18H18N4O2/c1-12-7-8-13(19-10-12)11-22(2)17(23)9-16-14-5-3-4-6-15(14)18(24)21-20-16/h3-8,10H,9,11H2,1-2H3,(H,21,24). The quantitative estimate of drug-likeness (QED) is 0.795. The molecule has 6 heteroatoms. The lowest BCUT2D eigenvalue weighted by Gasteiger charge is -2.17. The number of H-pyrrole nitrogens is 1. The van der Waals surface area contributed by atoms with Gasteiger partial charge in [-0.2, -0.15) is 5.10 Å². The molecule has 0 aliphatic carbocycles. The number of benzene rings is 1. The van der Waals surface area contributed by atoms with Gasteiger partial charge in [-0.25, -0.2) is 5.10 Å². The van der Waals surface area contributed by atoms with E-state index in [0.717, 1.165) is 11.3 Å². The zero-order chi connectivity index (χ0) is 17.1. The van der Waals surface area contributed by atoms with Crippen LogP contribution in [0.25, 0.3) is 10.8 Å². The maximum atomic E-state index is 12.5. The fraction of sp³-hybridized carbons (Fsp3) is 0.222. The summed E-state index contributed by atoms with van der Waals surface area (Å²) >= 11 is 0. The van der Waals surface area contributed by atoms with Crippen LogP contribution in [0.5, 0.6) is 0 Å². The molecule has 0 atom stereocenters. The SMILES string of the molecule is Cc1ccc(CN(C)C(=O)Cc2n[nH]c(=O)c3ccccc23)nc1. The highest BCUT2D eigenvalue weighted by Crippen LogP contribution is 2.14. The second-order valence-corrected chi connectivity index (χ2v) is 5.80. The molecule has 6 nitrogen and oxygen atoms in total. The molecular formula is C18H18N4O2. The molecule has 2 heterocycles. The maximum absolute atomic E-state index is 12.5. The predicted octanol–water partition coefficient (Wildman–Crippen LogP) is 1.83. The smallest absolute Gasteiger partial charge is 0.272 e. The molecule has 1 N–H and O–H groups in total. The van der Waals surface area contributed by atoms with Crippen LogP contribution < -0.4 is 5.56 Å². The first-order valence-corrected chi connectivity index (χ1v) is 7.66. The van der Waals surface area contributed by atoms with E-state index in [1.807, 2.05) is 31.2 Å². The molecule has 0 spiro atoms. The Balaban J connectivity index is 1.78. The number of pyridine rings is 1. The zero-order valence-corrected chi connectivity index (χ0v) is 13.6. The first kappa shape index (κ1) is 15.9. The van der Waals surface area contributed by atoms with Crippen LogP contribution in [0, 0.1) is 6.92 Å². The Labute approximate surface area is 139 Å². The van der Waals surface area contributed by atoms with Crippen LogP contribution in [0.1, 0.15) is 17.0 Å². The third-order valence-corrected chi connectivity index (χ3v) is 3.89. The summed E-state index contributed by atoms with van der Waals surface area (Å²) in [6.07, 6.45) is 1.91. The van der Waals surface area contributed by atoms with Crippen molar-refractivity contribution in [3.8, 4) is 0 Å². The molecule has 3 aromatic rings. The van der Waals surface area contributed by atoms with Gasteiger partial charge in [-0.3, -0.25) is 14.6 Å². The number of hydrogen-bond donors (Lipinski definition) is 1. The molecule has 0 unspecified atom stereocenters. The van der Waals surface area contributed by atoms with Crippen molar-refractivity contribution in [2.45, 2.75) is 19.9 Å². The number of aromatic nitrogens is 3. The first-order valence-electron chi connectivity index (χ1n) is 7.66. The van der Waals surface area contributed by atoms with Crippen LogP contribution in [0.15, 0.2) is 47.4 Å². The van der Waals surface area contributed by atoms with Crippen molar-refractivity contribution in [1.29, 1.82) is 0 Å². The fourth-order valence-corrected chi connectivity index (χ4v) is 2.51. The highest BCUT2D eigenvalue weighted by atomic mass is 16.2. The molecular weight excluding hydrogens is 304 g/mol. The Morgan fingerprint density at radius 3 is 2.62 bits per heavy atom. The van der Waals surface area contributed by atoms with Crippen LogP contribution in [-0.2, 0) is 17.8 Å². The number of aromatic amines is 1. The van der Waals surface area contributed by atoms with Crippen molar-refractivity contribution in [3.63, 3.8) is 0 Å². The van der Waals surface area contributed by atoms with E-state index in [1.54, 1.807) is 30.3 Å². The Hall–Kier alpha value is -3.02. The lowest BCUT2D eigenvalue weighted by Crippen LogP contribution is -2.29. The van der Waals surface area contributed by atoms with Crippen LogP contribution in [-0.4, -0.2) is 33.0 Å². The number of amides is 1. The lowest BCUT2D eigenvalue weighted by atomic mass is 10.1. The largest absolute Gasteiger partial charge is 0.340 e. The summed E-state index contributed by atoms with van der Waals surface area (Å²) in [6, 6.07) is 11.0. The van der Waals surface area contributed by atoms with E-state index in [1.165, 1.54) is 0 Å². The molecule has 122 valence electrons. The van der Waals surface area contributed by atoms with Gasteiger partial charge in [0.1, 0.15) is 0 Å². The van der Waals surface area contributed by atoms with Gasteiger partial charge in [-0.15, -0.1) is 0 Å². The highest BCUT2D eigenvalue weighted by molar-refractivity contribution is 5.88. The van der Waals surface area contributed by atoms with E-state index < -0.39 is 0 Å². The minimum absolute atomic E-state index is 0.0814. The summed E-state index contributed by atoms with van der Waals surface area (Å²) in [5.41, 5.74) is 2.23. The average Bonchev–Trinajstić information content (AvgIpc) is 2.59. The minimum Gasteiger partial charge on any atom is -0.340 e. The zero-order valence-electron chi connectivity index (χ0n) is 13.6. The molecule has 0 saturated carbocycles. The van der Waals surface area contributed by atoms with Gasteiger partial charge in [0.15, 0.2) is 0 Å². The van der Waals surface area contributed by atoms with Crippen LogP contribution in [0.2, 0.25) is 0 Å². The maximum Gasteiger partial charge on any atom is 0.272 e. The predicted molar refractivity (Wildman–Crippen MR) is 91.5 cm³/mol. The molecule has 0 aliphatic rings. The van der Waals surface area contributed by atoms with Gasteiger partial charge in [0.25, 0.3) is 5.56 Å². The van der Waals surface area contributed by atoms with E-state index in [2.05, 4.69) is 15.2 Å². The van der Waals surface area contributed by atoms with Gasteiger partial charge >= 0.3 is 0 Å². The first-order chi connectivity index (χ1) is 11.5. The summed E-state index contributed by atoms with van der Waals surface area (Å²) in [5, 5.41) is 7.75. The normalized spacial score (nSPS) is 10.8. The van der Waals surface area contributed by atoms with Crippen molar-refractivity contribution in [2.75, 3.05) is 7.05 Å². The second kappa shape index (κ2) is 6.62. The van der Waals surface area contributed by atoms with Gasteiger partial charge in [-0.05, 0) is 24.6 Å². The highest BCUT2D eigenvalue weighted by Gasteiger charge is 2.14. The van der Waals surface area contributed by atoms with Crippen molar-refractivity contribution in [3.05, 3.63) is 69.9 Å². The Morgan fingerprint density at radius 2 is 1.92 bits per heavy atom. The average molecular weight is 322 g/mol. The number of nitrogens with one attached hydrogen (secondary N) is 1. The number of aryl methyl sites for hydroxylation is 1. The van der Waals surface area contributed by atoms with Crippen LogP contribution in [0.3, 0.4) is 0 Å². The number of nitrogens with zero attached hydrogens (tertiary/aromatic N) is 3. The van der Waals surface area contributed by atoms with E-state index in [0.29, 0.717) is 23.0 Å². The lowest BCUT2D eigenvalue weighted by molar-refractivity contribution is -0.129.